The fourth-order valence-corrected chi connectivity index (χ4v) is 3.44. The molecule has 2 amide bonds. The van der Waals surface area contributed by atoms with Gasteiger partial charge >= 0.3 is 12.0 Å². The van der Waals surface area contributed by atoms with Gasteiger partial charge in [0.05, 0.1) is 5.92 Å². The first-order valence-electron chi connectivity index (χ1n) is 7.88. The highest BCUT2D eigenvalue weighted by molar-refractivity contribution is 5.75. The van der Waals surface area contributed by atoms with Gasteiger partial charge < -0.3 is 20.2 Å². The maximum atomic E-state index is 12.2. The molecule has 2 aliphatic rings. The van der Waals surface area contributed by atoms with Crippen LogP contribution in [0.15, 0.2) is 0 Å². The molecule has 2 fully saturated rings. The Hall–Kier alpha value is -1.30. The van der Waals surface area contributed by atoms with Gasteiger partial charge in [-0.2, -0.15) is 0 Å². The standard InChI is InChI=1S/C15H27N3O3/c1-17(2)10-11-5-7-18(8-6-11)15(21)16-13-4-3-12(9-13)14(19)20/h11-13H,3-10H2,1-2H3,(H,16,21)(H,19,20). The second-order valence-electron chi connectivity index (χ2n) is 6.69. The largest absolute Gasteiger partial charge is 0.481 e. The molecule has 0 radical (unpaired) electrons. The fourth-order valence-electron chi connectivity index (χ4n) is 3.44. The Labute approximate surface area is 126 Å². The number of piperidine rings is 1. The van der Waals surface area contributed by atoms with Crippen molar-refractivity contribution in [1.29, 1.82) is 0 Å². The predicted octanol–water partition coefficient (Wildman–Crippen LogP) is 1.22. The number of aliphatic carboxylic acids is 1. The Kier molecular flexibility index (Phi) is 5.45. The number of urea groups is 1. The van der Waals surface area contributed by atoms with Crippen LogP contribution in [0.25, 0.3) is 0 Å². The lowest BCUT2D eigenvalue weighted by Crippen LogP contribution is -2.48. The highest BCUT2D eigenvalue weighted by Gasteiger charge is 2.32. The normalized spacial score (nSPS) is 27.1. The van der Waals surface area contributed by atoms with Crippen LogP contribution in [0.3, 0.4) is 0 Å². The molecule has 6 heteroatoms. The number of carboxylic acids is 1. The van der Waals surface area contributed by atoms with Crippen molar-refractivity contribution in [2.45, 2.75) is 38.1 Å². The van der Waals surface area contributed by atoms with E-state index in [0.29, 0.717) is 18.8 Å². The van der Waals surface area contributed by atoms with E-state index < -0.39 is 5.97 Å². The maximum absolute atomic E-state index is 12.2. The number of amides is 2. The topological polar surface area (TPSA) is 72.9 Å². The predicted molar refractivity (Wildman–Crippen MR) is 80.1 cm³/mol. The molecule has 0 bridgehead atoms. The summed E-state index contributed by atoms with van der Waals surface area (Å²) in [5.41, 5.74) is 0. The van der Waals surface area contributed by atoms with Gasteiger partial charge in [-0.25, -0.2) is 4.79 Å². The Bertz CT molecular complexity index is 378. The molecule has 1 aliphatic carbocycles. The molecule has 0 spiro atoms. The zero-order valence-corrected chi connectivity index (χ0v) is 13.0. The van der Waals surface area contributed by atoms with Gasteiger partial charge in [-0.1, -0.05) is 0 Å². The van der Waals surface area contributed by atoms with Gasteiger partial charge in [-0.05, 0) is 52.1 Å². The quantitative estimate of drug-likeness (QED) is 0.818. The first-order chi connectivity index (χ1) is 9.95. The number of hydrogen-bond acceptors (Lipinski definition) is 3. The van der Waals surface area contributed by atoms with Crippen LogP contribution in [-0.2, 0) is 4.79 Å². The number of carbonyl (C=O) groups excluding carboxylic acids is 1. The third-order valence-corrected chi connectivity index (χ3v) is 4.63. The number of carbonyl (C=O) groups is 2. The fraction of sp³-hybridized carbons (Fsp3) is 0.867. The summed E-state index contributed by atoms with van der Waals surface area (Å²) in [6, 6.07) is 0.00689. The van der Waals surface area contributed by atoms with Crippen molar-refractivity contribution >= 4 is 12.0 Å². The lowest BCUT2D eigenvalue weighted by molar-refractivity contribution is -0.141. The third-order valence-electron chi connectivity index (χ3n) is 4.63. The number of nitrogens with zero attached hydrogens (tertiary/aromatic N) is 2. The summed E-state index contributed by atoms with van der Waals surface area (Å²) in [4.78, 5) is 27.2. The van der Waals surface area contributed by atoms with Crippen molar-refractivity contribution in [3.05, 3.63) is 0 Å². The first-order valence-corrected chi connectivity index (χ1v) is 7.88. The summed E-state index contributed by atoms with van der Waals surface area (Å²) >= 11 is 0. The average molecular weight is 297 g/mol. The van der Waals surface area contributed by atoms with Crippen molar-refractivity contribution < 1.29 is 14.7 Å². The summed E-state index contributed by atoms with van der Waals surface area (Å²) in [6.07, 6.45) is 4.12. The molecule has 2 unspecified atom stereocenters. The van der Waals surface area contributed by atoms with Crippen LogP contribution in [0.1, 0.15) is 32.1 Å². The molecule has 1 saturated heterocycles. The van der Waals surface area contributed by atoms with Crippen molar-refractivity contribution in [3.63, 3.8) is 0 Å². The zero-order valence-electron chi connectivity index (χ0n) is 13.0. The van der Waals surface area contributed by atoms with Crippen molar-refractivity contribution in [1.82, 2.24) is 15.1 Å². The van der Waals surface area contributed by atoms with Crippen molar-refractivity contribution in [3.8, 4) is 0 Å². The molecule has 21 heavy (non-hydrogen) atoms. The Morgan fingerprint density at radius 1 is 1.19 bits per heavy atom. The molecule has 2 atom stereocenters. The van der Waals surface area contributed by atoms with Gasteiger partial charge in [0.15, 0.2) is 0 Å². The number of likely N-dealkylation sites (tertiary alicyclic amines) is 1. The Morgan fingerprint density at radius 3 is 2.38 bits per heavy atom. The van der Waals surface area contributed by atoms with Gasteiger partial charge in [0.1, 0.15) is 0 Å². The van der Waals surface area contributed by atoms with E-state index in [1.165, 1.54) is 0 Å². The van der Waals surface area contributed by atoms with Crippen LogP contribution in [0, 0.1) is 11.8 Å². The van der Waals surface area contributed by atoms with E-state index in [-0.39, 0.29) is 18.0 Å². The number of carboxylic acid groups (broad SMARTS) is 1. The van der Waals surface area contributed by atoms with Gasteiger partial charge in [0.2, 0.25) is 0 Å². The summed E-state index contributed by atoms with van der Waals surface area (Å²) in [5, 5.41) is 12.0. The van der Waals surface area contributed by atoms with E-state index in [0.717, 1.165) is 38.9 Å². The Balaban J connectivity index is 1.72. The lowest BCUT2D eigenvalue weighted by Gasteiger charge is -2.33. The molecule has 120 valence electrons. The molecule has 6 nitrogen and oxygen atoms in total. The van der Waals surface area contributed by atoms with Crippen molar-refractivity contribution in [2.75, 3.05) is 33.7 Å². The highest BCUT2D eigenvalue weighted by atomic mass is 16.4. The number of rotatable bonds is 4. The van der Waals surface area contributed by atoms with Gasteiger partial charge in [-0.15, -0.1) is 0 Å². The van der Waals surface area contributed by atoms with E-state index in [9.17, 15) is 9.59 Å². The van der Waals surface area contributed by atoms with Crippen LogP contribution >= 0.6 is 0 Å². The zero-order chi connectivity index (χ0) is 15.4. The highest BCUT2D eigenvalue weighted by Crippen LogP contribution is 2.26. The van der Waals surface area contributed by atoms with Crippen LogP contribution in [0.5, 0.6) is 0 Å². The van der Waals surface area contributed by atoms with Gasteiger partial charge in [-0.3, -0.25) is 4.79 Å². The van der Waals surface area contributed by atoms with Crippen molar-refractivity contribution in [2.24, 2.45) is 11.8 Å². The minimum Gasteiger partial charge on any atom is -0.481 e. The van der Waals surface area contributed by atoms with E-state index in [4.69, 9.17) is 5.11 Å². The van der Waals surface area contributed by atoms with E-state index in [1.807, 2.05) is 4.90 Å². The smallest absolute Gasteiger partial charge is 0.317 e. The molecular weight excluding hydrogens is 270 g/mol. The average Bonchev–Trinajstić information content (AvgIpc) is 2.87. The van der Waals surface area contributed by atoms with Crippen LogP contribution in [0.2, 0.25) is 0 Å². The SMILES string of the molecule is CN(C)CC1CCN(C(=O)NC2CCC(C(=O)O)C2)CC1. The summed E-state index contributed by atoms with van der Waals surface area (Å²) in [5.74, 6) is -0.357. The Morgan fingerprint density at radius 2 is 1.86 bits per heavy atom. The second kappa shape index (κ2) is 7.11. The number of nitrogens with one attached hydrogen (secondary N) is 1. The van der Waals surface area contributed by atoms with Crippen LogP contribution in [-0.4, -0.2) is 66.7 Å². The number of hydrogen-bond donors (Lipinski definition) is 2. The molecular formula is C15H27N3O3. The monoisotopic (exact) mass is 297 g/mol. The first kappa shape index (κ1) is 16.1. The molecule has 0 aromatic rings. The second-order valence-corrected chi connectivity index (χ2v) is 6.69. The van der Waals surface area contributed by atoms with E-state index >= 15 is 0 Å². The molecule has 0 aromatic heterocycles. The molecule has 2 N–H and O–H groups in total. The minimum absolute atomic E-state index is 0.0191. The lowest BCUT2D eigenvalue weighted by atomic mass is 9.96. The van der Waals surface area contributed by atoms with E-state index in [1.54, 1.807) is 0 Å². The molecule has 1 heterocycles. The molecule has 1 saturated carbocycles. The minimum atomic E-state index is -0.740. The van der Waals surface area contributed by atoms with Gasteiger partial charge in [0.25, 0.3) is 0 Å². The van der Waals surface area contributed by atoms with Crippen LogP contribution in [0.4, 0.5) is 4.79 Å². The summed E-state index contributed by atoms with van der Waals surface area (Å²) < 4.78 is 0. The van der Waals surface area contributed by atoms with Crippen LogP contribution < -0.4 is 5.32 Å². The third kappa shape index (κ3) is 4.59. The molecule has 0 aromatic carbocycles. The molecule has 1 aliphatic heterocycles. The maximum Gasteiger partial charge on any atom is 0.317 e. The summed E-state index contributed by atoms with van der Waals surface area (Å²) in [7, 11) is 4.16. The van der Waals surface area contributed by atoms with Gasteiger partial charge in [0, 0.05) is 25.7 Å². The summed E-state index contributed by atoms with van der Waals surface area (Å²) in [6.45, 7) is 2.69. The molecule has 2 rings (SSSR count). The van der Waals surface area contributed by atoms with E-state index in [2.05, 4.69) is 24.3 Å².